The second-order valence-electron chi connectivity index (χ2n) is 4.65. The van der Waals surface area contributed by atoms with Gasteiger partial charge in [0.15, 0.2) is 0 Å². The molecule has 1 rings (SSSR count). The maximum Gasteiger partial charge on any atom is 0.311 e. The van der Waals surface area contributed by atoms with Crippen molar-refractivity contribution in [2.45, 2.75) is 26.7 Å². The van der Waals surface area contributed by atoms with Gasteiger partial charge in [-0.05, 0) is 25.0 Å². The molecule has 0 heterocycles. The molecule has 1 aromatic rings. The lowest BCUT2D eigenvalue weighted by Gasteiger charge is -2.26. The first kappa shape index (κ1) is 15.8. The number of carbonyl (C=O) groups excluding carboxylic acids is 1. The molecule has 0 radical (unpaired) electrons. The Morgan fingerprint density at radius 2 is 1.65 bits per heavy atom. The molecule has 1 amide bonds. The summed E-state index contributed by atoms with van der Waals surface area (Å²) in [5.74, 6) is -2.38. The molecule has 4 N–H and O–H groups in total. The highest BCUT2D eigenvalue weighted by Gasteiger charge is 2.35. The van der Waals surface area contributed by atoms with Crippen LogP contribution in [0.15, 0.2) is 18.2 Å². The lowest BCUT2D eigenvalue weighted by atomic mass is 9.82. The van der Waals surface area contributed by atoms with Gasteiger partial charge < -0.3 is 20.6 Å². The zero-order valence-corrected chi connectivity index (χ0v) is 11.5. The molecule has 0 aliphatic carbocycles. The standard InChI is InChI=1S/C14H19NO5/c1-3-14(4-2,13(19)20)8-15-12(18)11-9(16)6-5-7-10(11)17/h5-7,16-17H,3-4,8H2,1-2H3,(H,15,18)(H,19,20). The number of hydrogen-bond acceptors (Lipinski definition) is 4. The van der Waals surface area contributed by atoms with Crippen LogP contribution in [-0.4, -0.2) is 33.7 Å². The SMILES string of the molecule is CCC(CC)(CNC(=O)c1c(O)cccc1O)C(=O)O. The Bertz CT molecular complexity index is 488. The number of hydrogen-bond donors (Lipinski definition) is 4. The van der Waals surface area contributed by atoms with Crippen molar-refractivity contribution < 1.29 is 24.9 Å². The number of carboxylic acids is 1. The third kappa shape index (κ3) is 3.01. The Morgan fingerprint density at radius 1 is 1.15 bits per heavy atom. The molecule has 0 aliphatic rings. The number of carboxylic acid groups (broad SMARTS) is 1. The van der Waals surface area contributed by atoms with Gasteiger partial charge in [0.1, 0.15) is 17.1 Å². The van der Waals surface area contributed by atoms with E-state index < -0.39 is 17.3 Å². The maximum absolute atomic E-state index is 12.0. The van der Waals surface area contributed by atoms with Crippen LogP contribution in [0.1, 0.15) is 37.0 Å². The van der Waals surface area contributed by atoms with Gasteiger partial charge in [-0.1, -0.05) is 19.9 Å². The van der Waals surface area contributed by atoms with Gasteiger partial charge in [0.25, 0.3) is 5.91 Å². The largest absolute Gasteiger partial charge is 0.507 e. The van der Waals surface area contributed by atoms with E-state index in [1.807, 2.05) is 0 Å². The minimum atomic E-state index is -1.05. The number of nitrogens with one attached hydrogen (secondary N) is 1. The molecule has 6 heteroatoms. The first-order valence-electron chi connectivity index (χ1n) is 6.40. The average molecular weight is 281 g/mol. The molecule has 0 unspecified atom stereocenters. The van der Waals surface area contributed by atoms with Gasteiger partial charge in [0.2, 0.25) is 0 Å². The molecule has 0 bridgehead atoms. The quantitative estimate of drug-likeness (QED) is 0.635. The first-order chi connectivity index (χ1) is 9.38. The molecular weight excluding hydrogens is 262 g/mol. The van der Waals surface area contributed by atoms with E-state index in [1.54, 1.807) is 13.8 Å². The fraction of sp³-hybridized carbons (Fsp3) is 0.429. The molecule has 6 nitrogen and oxygen atoms in total. The van der Waals surface area contributed by atoms with Crippen molar-refractivity contribution in [2.24, 2.45) is 5.41 Å². The summed E-state index contributed by atoms with van der Waals surface area (Å²) < 4.78 is 0. The van der Waals surface area contributed by atoms with Crippen LogP contribution in [0.2, 0.25) is 0 Å². The van der Waals surface area contributed by atoms with Crippen molar-refractivity contribution in [3.05, 3.63) is 23.8 Å². The van der Waals surface area contributed by atoms with Crippen LogP contribution in [0.25, 0.3) is 0 Å². The molecule has 0 aliphatic heterocycles. The fourth-order valence-corrected chi connectivity index (χ4v) is 1.98. The van der Waals surface area contributed by atoms with Gasteiger partial charge in [0, 0.05) is 6.54 Å². The second-order valence-corrected chi connectivity index (χ2v) is 4.65. The molecule has 0 saturated heterocycles. The first-order valence-corrected chi connectivity index (χ1v) is 6.40. The molecular formula is C14H19NO5. The topological polar surface area (TPSA) is 107 Å². The van der Waals surface area contributed by atoms with E-state index in [0.717, 1.165) is 0 Å². The summed E-state index contributed by atoms with van der Waals surface area (Å²) in [6.45, 7) is 3.41. The number of rotatable bonds is 6. The number of phenolic OH excluding ortho intramolecular Hbond substituents is 2. The number of phenols is 2. The number of carbonyl (C=O) groups is 2. The molecule has 1 aromatic carbocycles. The lowest BCUT2D eigenvalue weighted by molar-refractivity contribution is -0.149. The van der Waals surface area contributed by atoms with E-state index in [4.69, 9.17) is 0 Å². The Morgan fingerprint density at radius 3 is 2.05 bits per heavy atom. The molecule has 0 atom stereocenters. The van der Waals surface area contributed by atoms with Gasteiger partial charge >= 0.3 is 5.97 Å². The van der Waals surface area contributed by atoms with Gasteiger partial charge in [-0.15, -0.1) is 0 Å². The Balaban J connectivity index is 2.89. The minimum Gasteiger partial charge on any atom is -0.507 e. The number of aromatic hydroxyl groups is 2. The van der Waals surface area contributed by atoms with Crippen LogP contribution in [0.5, 0.6) is 11.5 Å². The van der Waals surface area contributed by atoms with E-state index >= 15 is 0 Å². The van der Waals surface area contributed by atoms with E-state index in [0.29, 0.717) is 12.8 Å². The Labute approximate surface area is 117 Å². The van der Waals surface area contributed by atoms with E-state index in [1.165, 1.54) is 18.2 Å². The monoisotopic (exact) mass is 281 g/mol. The van der Waals surface area contributed by atoms with Crippen molar-refractivity contribution >= 4 is 11.9 Å². The summed E-state index contributed by atoms with van der Waals surface area (Å²) in [6.07, 6.45) is 0.734. The zero-order valence-electron chi connectivity index (χ0n) is 11.5. The van der Waals surface area contributed by atoms with Crippen LogP contribution in [0.3, 0.4) is 0 Å². The molecule has 0 fully saturated rings. The third-order valence-corrected chi connectivity index (χ3v) is 3.64. The lowest BCUT2D eigenvalue weighted by Crippen LogP contribution is -2.42. The van der Waals surface area contributed by atoms with Crippen LogP contribution in [0.4, 0.5) is 0 Å². The van der Waals surface area contributed by atoms with Gasteiger partial charge in [-0.3, -0.25) is 9.59 Å². The predicted molar refractivity (Wildman–Crippen MR) is 72.8 cm³/mol. The maximum atomic E-state index is 12.0. The van der Waals surface area contributed by atoms with Crippen molar-refractivity contribution in [2.75, 3.05) is 6.54 Å². The van der Waals surface area contributed by atoms with Crippen molar-refractivity contribution in [1.29, 1.82) is 0 Å². The van der Waals surface area contributed by atoms with Gasteiger partial charge in [-0.25, -0.2) is 0 Å². The Kier molecular flexibility index (Phi) is 4.96. The number of aliphatic carboxylic acids is 1. The second kappa shape index (κ2) is 6.27. The number of amides is 1. The van der Waals surface area contributed by atoms with E-state index in [2.05, 4.69) is 5.32 Å². The predicted octanol–water partition coefficient (Wildman–Crippen LogP) is 1.72. The van der Waals surface area contributed by atoms with Crippen molar-refractivity contribution in [3.63, 3.8) is 0 Å². The molecule has 0 spiro atoms. The minimum absolute atomic E-state index is 0.0675. The fourth-order valence-electron chi connectivity index (χ4n) is 1.98. The highest BCUT2D eigenvalue weighted by atomic mass is 16.4. The molecule has 0 saturated carbocycles. The highest BCUT2D eigenvalue weighted by molar-refractivity contribution is 5.99. The molecule has 0 aromatic heterocycles. The summed E-state index contributed by atoms with van der Waals surface area (Å²) in [7, 11) is 0. The summed E-state index contributed by atoms with van der Waals surface area (Å²) in [5.41, 5.74) is -1.30. The summed E-state index contributed by atoms with van der Waals surface area (Å²) in [6, 6.07) is 3.96. The van der Waals surface area contributed by atoms with Crippen molar-refractivity contribution in [3.8, 4) is 11.5 Å². The van der Waals surface area contributed by atoms with Crippen LogP contribution in [-0.2, 0) is 4.79 Å². The zero-order chi connectivity index (χ0) is 15.3. The molecule has 20 heavy (non-hydrogen) atoms. The van der Waals surface area contributed by atoms with Gasteiger partial charge in [-0.2, -0.15) is 0 Å². The average Bonchev–Trinajstić information content (AvgIpc) is 2.40. The summed E-state index contributed by atoms with van der Waals surface area (Å²) >= 11 is 0. The van der Waals surface area contributed by atoms with E-state index in [-0.39, 0.29) is 23.6 Å². The number of benzene rings is 1. The smallest absolute Gasteiger partial charge is 0.311 e. The van der Waals surface area contributed by atoms with Crippen LogP contribution in [0, 0.1) is 5.41 Å². The van der Waals surface area contributed by atoms with Crippen LogP contribution < -0.4 is 5.32 Å². The molecule has 110 valence electrons. The summed E-state index contributed by atoms with van der Waals surface area (Å²) in [4.78, 5) is 23.3. The summed E-state index contributed by atoms with van der Waals surface area (Å²) in [5, 5.41) is 30.9. The Hall–Kier alpha value is -2.24. The third-order valence-electron chi connectivity index (χ3n) is 3.64. The van der Waals surface area contributed by atoms with E-state index in [9.17, 15) is 24.9 Å². The van der Waals surface area contributed by atoms with Crippen LogP contribution >= 0.6 is 0 Å². The highest BCUT2D eigenvalue weighted by Crippen LogP contribution is 2.28. The van der Waals surface area contributed by atoms with Crippen molar-refractivity contribution in [1.82, 2.24) is 5.32 Å². The normalized spacial score (nSPS) is 11.1. The van der Waals surface area contributed by atoms with Gasteiger partial charge in [0.05, 0.1) is 5.41 Å².